The van der Waals surface area contributed by atoms with Gasteiger partial charge < -0.3 is 19.8 Å². The molecule has 0 fully saturated rings. The van der Waals surface area contributed by atoms with Gasteiger partial charge in [-0.15, -0.1) is 0 Å². The van der Waals surface area contributed by atoms with E-state index in [0.29, 0.717) is 12.4 Å². The van der Waals surface area contributed by atoms with Gasteiger partial charge in [0.2, 0.25) is 5.75 Å². The molecule has 5 nitrogen and oxygen atoms in total. The van der Waals surface area contributed by atoms with Gasteiger partial charge in [0.15, 0.2) is 5.75 Å². The Labute approximate surface area is 136 Å². The van der Waals surface area contributed by atoms with Crippen LogP contribution in [0.25, 0.3) is 10.9 Å². The van der Waals surface area contributed by atoms with E-state index >= 15 is 0 Å². The summed E-state index contributed by atoms with van der Waals surface area (Å²) in [5.41, 5.74) is 1.39. The highest BCUT2D eigenvalue weighted by Gasteiger charge is 2.15. The summed E-state index contributed by atoms with van der Waals surface area (Å²) < 4.78 is 11.4. The Morgan fingerprint density at radius 1 is 1.26 bits per heavy atom. The average Bonchev–Trinajstić information content (AvgIpc) is 2.54. The van der Waals surface area contributed by atoms with Crippen molar-refractivity contribution in [3.05, 3.63) is 41.2 Å². The van der Waals surface area contributed by atoms with E-state index < -0.39 is 0 Å². The molecule has 0 aliphatic carbocycles. The zero-order chi connectivity index (χ0) is 16.7. The molecule has 2 rings (SSSR count). The van der Waals surface area contributed by atoms with Crippen LogP contribution in [0.3, 0.4) is 0 Å². The van der Waals surface area contributed by atoms with Gasteiger partial charge in [-0.3, -0.25) is 4.79 Å². The Morgan fingerprint density at radius 2 is 2.09 bits per heavy atom. The van der Waals surface area contributed by atoms with Gasteiger partial charge in [0.05, 0.1) is 12.1 Å². The molecule has 0 unspecified atom stereocenters. The maximum Gasteiger partial charge on any atom is 0.294 e. The van der Waals surface area contributed by atoms with E-state index in [2.05, 4.69) is 23.8 Å². The third-order valence-electron chi connectivity index (χ3n) is 3.40. The predicted molar refractivity (Wildman–Crippen MR) is 94.8 cm³/mol. The van der Waals surface area contributed by atoms with E-state index in [1.807, 2.05) is 25.1 Å². The van der Waals surface area contributed by atoms with Crippen LogP contribution in [0, 0.1) is 0 Å². The SMILES string of the molecule is C=CCOc1c(OCCCC)c2ccc(NCC)cc2[nH]c1=O. The van der Waals surface area contributed by atoms with Crippen LogP contribution in [0.5, 0.6) is 11.5 Å². The van der Waals surface area contributed by atoms with Crippen LogP contribution in [0.1, 0.15) is 26.7 Å². The summed E-state index contributed by atoms with van der Waals surface area (Å²) >= 11 is 0. The second-order valence-corrected chi connectivity index (χ2v) is 5.20. The molecule has 0 aliphatic rings. The van der Waals surface area contributed by atoms with Crippen molar-refractivity contribution in [1.82, 2.24) is 4.98 Å². The van der Waals surface area contributed by atoms with E-state index in [1.165, 1.54) is 0 Å². The molecule has 1 heterocycles. The van der Waals surface area contributed by atoms with E-state index in [0.717, 1.165) is 36.0 Å². The molecule has 2 N–H and O–H groups in total. The number of fused-ring (bicyclic) bond motifs is 1. The number of ether oxygens (including phenoxy) is 2. The third kappa shape index (κ3) is 4.06. The van der Waals surface area contributed by atoms with Gasteiger partial charge in [-0.1, -0.05) is 26.0 Å². The van der Waals surface area contributed by atoms with Gasteiger partial charge in [0.25, 0.3) is 5.56 Å². The first-order chi connectivity index (χ1) is 11.2. The Hall–Kier alpha value is -2.43. The van der Waals surface area contributed by atoms with E-state index in [4.69, 9.17) is 9.47 Å². The lowest BCUT2D eigenvalue weighted by Crippen LogP contribution is -2.14. The number of hydrogen-bond donors (Lipinski definition) is 2. The zero-order valence-electron chi connectivity index (χ0n) is 13.8. The van der Waals surface area contributed by atoms with Gasteiger partial charge in [-0.2, -0.15) is 0 Å². The fraction of sp³-hybridized carbons (Fsp3) is 0.389. The number of pyridine rings is 1. The molecule has 0 spiro atoms. The molecule has 5 heteroatoms. The summed E-state index contributed by atoms with van der Waals surface area (Å²) in [6.45, 7) is 9.36. The first kappa shape index (κ1) is 16.9. The van der Waals surface area contributed by atoms with Crippen molar-refractivity contribution in [2.45, 2.75) is 26.7 Å². The molecule has 0 saturated carbocycles. The van der Waals surface area contributed by atoms with Crippen LogP contribution in [-0.4, -0.2) is 24.7 Å². The molecule has 0 aliphatic heterocycles. The molecular weight excluding hydrogens is 292 g/mol. The number of anilines is 1. The van der Waals surface area contributed by atoms with Crippen molar-refractivity contribution >= 4 is 16.6 Å². The fourth-order valence-electron chi connectivity index (χ4n) is 2.30. The summed E-state index contributed by atoms with van der Waals surface area (Å²) in [4.78, 5) is 15.2. The molecule has 2 aromatic rings. The lowest BCUT2D eigenvalue weighted by atomic mass is 10.1. The number of aromatic amines is 1. The molecular formula is C18H24N2O3. The Kier molecular flexibility index (Phi) is 6.09. The topological polar surface area (TPSA) is 63.4 Å². The fourth-order valence-corrected chi connectivity index (χ4v) is 2.30. The largest absolute Gasteiger partial charge is 0.489 e. The van der Waals surface area contributed by atoms with Crippen molar-refractivity contribution < 1.29 is 9.47 Å². The second kappa shape index (κ2) is 8.27. The van der Waals surface area contributed by atoms with E-state index in [-0.39, 0.29) is 17.9 Å². The Morgan fingerprint density at radius 3 is 2.78 bits per heavy atom. The number of aromatic nitrogens is 1. The third-order valence-corrected chi connectivity index (χ3v) is 3.40. The maximum absolute atomic E-state index is 12.3. The minimum Gasteiger partial charge on any atom is -0.489 e. The van der Waals surface area contributed by atoms with Gasteiger partial charge in [-0.25, -0.2) is 0 Å². The van der Waals surface area contributed by atoms with Crippen molar-refractivity contribution in [1.29, 1.82) is 0 Å². The Balaban J connectivity index is 2.51. The molecule has 0 amide bonds. The molecule has 0 radical (unpaired) electrons. The maximum atomic E-state index is 12.3. The molecule has 124 valence electrons. The summed E-state index contributed by atoms with van der Waals surface area (Å²) in [6.07, 6.45) is 3.55. The highest BCUT2D eigenvalue weighted by atomic mass is 16.5. The molecule has 23 heavy (non-hydrogen) atoms. The quantitative estimate of drug-likeness (QED) is 0.547. The van der Waals surface area contributed by atoms with Crippen molar-refractivity contribution in [2.24, 2.45) is 0 Å². The molecule has 0 saturated heterocycles. The highest BCUT2D eigenvalue weighted by molar-refractivity contribution is 5.89. The lowest BCUT2D eigenvalue weighted by Gasteiger charge is -2.14. The van der Waals surface area contributed by atoms with Gasteiger partial charge in [0.1, 0.15) is 6.61 Å². The van der Waals surface area contributed by atoms with Gasteiger partial charge in [-0.05, 0) is 31.5 Å². The van der Waals surface area contributed by atoms with E-state index in [9.17, 15) is 4.79 Å². The molecule has 1 aromatic heterocycles. The van der Waals surface area contributed by atoms with Crippen LogP contribution in [0.15, 0.2) is 35.6 Å². The molecule has 0 bridgehead atoms. The summed E-state index contributed by atoms with van der Waals surface area (Å²) in [7, 11) is 0. The summed E-state index contributed by atoms with van der Waals surface area (Å²) in [5, 5.41) is 4.07. The number of H-pyrrole nitrogens is 1. The number of rotatable bonds is 9. The standard InChI is InChI=1S/C18H24N2O3/c1-4-7-11-23-16-14-9-8-13(19-6-3)12-15(14)20-18(21)17(16)22-10-5-2/h5,8-9,12,19H,2,4,6-7,10-11H2,1,3H3,(H,20,21). The number of nitrogens with one attached hydrogen (secondary N) is 2. The Bertz CT molecular complexity index is 722. The van der Waals surface area contributed by atoms with Crippen LogP contribution in [0.4, 0.5) is 5.69 Å². The normalized spacial score (nSPS) is 10.5. The van der Waals surface area contributed by atoms with Crippen molar-refractivity contribution in [3.8, 4) is 11.5 Å². The number of benzene rings is 1. The first-order valence-corrected chi connectivity index (χ1v) is 8.01. The minimum absolute atomic E-state index is 0.213. The average molecular weight is 316 g/mol. The van der Waals surface area contributed by atoms with Gasteiger partial charge >= 0.3 is 0 Å². The summed E-state index contributed by atoms with van der Waals surface area (Å²) in [6, 6.07) is 5.81. The van der Waals surface area contributed by atoms with Crippen LogP contribution in [-0.2, 0) is 0 Å². The van der Waals surface area contributed by atoms with Crippen LogP contribution < -0.4 is 20.3 Å². The zero-order valence-corrected chi connectivity index (χ0v) is 13.8. The van der Waals surface area contributed by atoms with E-state index in [1.54, 1.807) is 6.08 Å². The number of hydrogen-bond acceptors (Lipinski definition) is 4. The summed E-state index contributed by atoms with van der Waals surface area (Å²) in [5.74, 6) is 0.715. The van der Waals surface area contributed by atoms with Gasteiger partial charge in [0, 0.05) is 17.6 Å². The lowest BCUT2D eigenvalue weighted by molar-refractivity contribution is 0.280. The predicted octanol–water partition coefficient (Wildman–Crippen LogP) is 3.70. The van der Waals surface area contributed by atoms with Crippen molar-refractivity contribution in [3.63, 3.8) is 0 Å². The first-order valence-electron chi connectivity index (χ1n) is 8.01. The van der Waals surface area contributed by atoms with Crippen LogP contribution in [0.2, 0.25) is 0 Å². The second-order valence-electron chi connectivity index (χ2n) is 5.20. The minimum atomic E-state index is -0.292. The molecule has 0 atom stereocenters. The molecule has 1 aromatic carbocycles. The van der Waals surface area contributed by atoms with Crippen molar-refractivity contribution in [2.75, 3.05) is 25.1 Å². The highest BCUT2D eigenvalue weighted by Crippen LogP contribution is 2.33. The smallest absolute Gasteiger partial charge is 0.294 e. The van der Waals surface area contributed by atoms with Crippen LogP contribution >= 0.6 is 0 Å². The monoisotopic (exact) mass is 316 g/mol. The number of unbranched alkanes of at least 4 members (excludes halogenated alkanes) is 1.